The van der Waals surface area contributed by atoms with Crippen molar-refractivity contribution in [3.63, 3.8) is 0 Å². The van der Waals surface area contributed by atoms with Gasteiger partial charge in [0.15, 0.2) is 11.6 Å². The monoisotopic (exact) mass is 283 g/mol. The number of carboxylic acids is 1. The molecule has 2 N–H and O–H groups in total. The van der Waals surface area contributed by atoms with Gasteiger partial charge in [-0.15, -0.1) is 0 Å². The van der Waals surface area contributed by atoms with Crippen molar-refractivity contribution in [1.29, 1.82) is 0 Å². The largest absolute Gasteiger partial charge is 0.493 e. The van der Waals surface area contributed by atoms with Crippen LogP contribution < -0.4 is 10.1 Å². The molecule has 0 amide bonds. The van der Waals surface area contributed by atoms with E-state index in [1.54, 1.807) is 12.1 Å². The lowest BCUT2D eigenvalue weighted by Gasteiger charge is -2.17. The zero-order valence-corrected chi connectivity index (χ0v) is 11.5. The van der Waals surface area contributed by atoms with Crippen LogP contribution in [-0.4, -0.2) is 31.8 Å². The number of methoxy groups -OCH3 is 2. The summed E-state index contributed by atoms with van der Waals surface area (Å²) in [5, 5.41) is 12.1. The van der Waals surface area contributed by atoms with Gasteiger partial charge in [-0.05, 0) is 6.42 Å². The molecule has 110 valence electrons. The normalized spacial score (nSPS) is 21.9. The van der Waals surface area contributed by atoms with Crippen LogP contribution in [0.25, 0.3) is 0 Å². The molecule has 2 unspecified atom stereocenters. The molecule has 2 rings (SSSR count). The number of aliphatic carboxylic acids is 1. The highest BCUT2D eigenvalue weighted by Crippen LogP contribution is 2.36. The number of nitrogens with one attached hydrogen (secondary N) is 1. The number of hydrogen-bond acceptors (Lipinski definition) is 4. The van der Waals surface area contributed by atoms with E-state index in [1.165, 1.54) is 14.2 Å². The minimum Gasteiger partial charge on any atom is -0.493 e. The van der Waals surface area contributed by atoms with E-state index in [0.717, 1.165) is 0 Å². The number of halogens is 1. The van der Waals surface area contributed by atoms with E-state index < -0.39 is 17.7 Å². The molecular formula is C14H18FNO4. The molecule has 0 aromatic heterocycles. The molecule has 1 saturated heterocycles. The van der Waals surface area contributed by atoms with E-state index in [-0.39, 0.29) is 18.4 Å². The van der Waals surface area contributed by atoms with Crippen molar-refractivity contribution in [1.82, 2.24) is 5.32 Å². The SMILES string of the molecule is COCc1ccc(C2CC(C(=O)O)CN2)c(OC)c1F. The zero-order chi connectivity index (χ0) is 14.7. The topological polar surface area (TPSA) is 67.8 Å². The Balaban J connectivity index is 2.28. The van der Waals surface area contributed by atoms with Gasteiger partial charge < -0.3 is 19.9 Å². The van der Waals surface area contributed by atoms with Crippen LogP contribution in [0.4, 0.5) is 4.39 Å². The minimum absolute atomic E-state index is 0.156. The van der Waals surface area contributed by atoms with Crippen LogP contribution in [0.15, 0.2) is 12.1 Å². The first-order valence-electron chi connectivity index (χ1n) is 6.38. The molecule has 0 radical (unpaired) electrons. The van der Waals surface area contributed by atoms with Gasteiger partial charge in [0.25, 0.3) is 0 Å². The summed E-state index contributed by atoms with van der Waals surface area (Å²) in [7, 11) is 2.90. The second kappa shape index (κ2) is 6.19. The van der Waals surface area contributed by atoms with E-state index in [0.29, 0.717) is 24.1 Å². The summed E-state index contributed by atoms with van der Waals surface area (Å²) < 4.78 is 24.4. The second-order valence-corrected chi connectivity index (χ2v) is 4.83. The van der Waals surface area contributed by atoms with Gasteiger partial charge in [0.05, 0.1) is 19.6 Å². The molecule has 1 heterocycles. The number of hydrogen-bond donors (Lipinski definition) is 2. The zero-order valence-electron chi connectivity index (χ0n) is 11.5. The lowest BCUT2D eigenvalue weighted by atomic mass is 9.98. The predicted molar refractivity (Wildman–Crippen MR) is 70.2 cm³/mol. The first-order chi connectivity index (χ1) is 9.58. The minimum atomic E-state index is -0.838. The molecular weight excluding hydrogens is 265 g/mol. The maximum absolute atomic E-state index is 14.3. The maximum Gasteiger partial charge on any atom is 0.307 e. The molecule has 1 aliphatic heterocycles. The molecule has 20 heavy (non-hydrogen) atoms. The quantitative estimate of drug-likeness (QED) is 0.861. The van der Waals surface area contributed by atoms with Crippen LogP contribution in [0.2, 0.25) is 0 Å². The molecule has 1 aliphatic rings. The van der Waals surface area contributed by atoms with Gasteiger partial charge in [0, 0.05) is 30.8 Å². The van der Waals surface area contributed by atoms with Crippen molar-refractivity contribution in [2.45, 2.75) is 19.1 Å². The maximum atomic E-state index is 14.3. The number of carboxylic acid groups (broad SMARTS) is 1. The lowest BCUT2D eigenvalue weighted by molar-refractivity contribution is -0.141. The summed E-state index contributed by atoms with van der Waals surface area (Å²) in [4.78, 5) is 11.0. The number of carbonyl (C=O) groups is 1. The Bertz CT molecular complexity index is 506. The summed E-state index contributed by atoms with van der Waals surface area (Å²) in [5.74, 6) is -1.59. The molecule has 2 atom stereocenters. The number of rotatable bonds is 5. The third-order valence-corrected chi connectivity index (χ3v) is 3.57. The molecule has 1 aromatic carbocycles. The molecule has 5 nitrogen and oxygen atoms in total. The van der Waals surface area contributed by atoms with Crippen LogP contribution in [0, 0.1) is 11.7 Å². The molecule has 0 bridgehead atoms. The highest BCUT2D eigenvalue weighted by atomic mass is 19.1. The van der Waals surface area contributed by atoms with Crippen molar-refractivity contribution < 1.29 is 23.8 Å². The van der Waals surface area contributed by atoms with Gasteiger partial charge >= 0.3 is 5.97 Å². The van der Waals surface area contributed by atoms with Crippen molar-refractivity contribution in [3.8, 4) is 5.75 Å². The molecule has 0 aliphatic carbocycles. The van der Waals surface area contributed by atoms with E-state index in [1.807, 2.05) is 0 Å². The van der Waals surface area contributed by atoms with Crippen LogP contribution in [-0.2, 0) is 16.1 Å². The van der Waals surface area contributed by atoms with Crippen molar-refractivity contribution in [2.24, 2.45) is 5.92 Å². The van der Waals surface area contributed by atoms with Crippen LogP contribution in [0.5, 0.6) is 5.75 Å². The van der Waals surface area contributed by atoms with E-state index >= 15 is 0 Å². The highest BCUT2D eigenvalue weighted by molar-refractivity contribution is 5.71. The van der Waals surface area contributed by atoms with Gasteiger partial charge in [0.2, 0.25) is 0 Å². The molecule has 0 saturated carbocycles. The summed E-state index contributed by atoms with van der Waals surface area (Å²) in [6.45, 7) is 0.545. The average molecular weight is 283 g/mol. The fourth-order valence-electron chi connectivity index (χ4n) is 2.52. The number of ether oxygens (including phenoxy) is 2. The van der Waals surface area contributed by atoms with Crippen LogP contribution in [0.1, 0.15) is 23.6 Å². The van der Waals surface area contributed by atoms with Crippen molar-refractivity contribution >= 4 is 5.97 Å². The Hall–Kier alpha value is -1.66. The number of benzene rings is 1. The third kappa shape index (κ3) is 2.76. The Morgan fingerprint density at radius 3 is 2.80 bits per heavy atom. The molecule has 0 spiro atoms. The van der Waals surface area contributed by atoms with E-state index in [2.05, 4.69) is 5.32 Å². The summed E-state index contributed by atoms with van der Waals surface area (Å²) >= 11 is 0. The molecule has 6 heteroatoms. The van der Waals surface area contributed by atoms with Gasteiger partial charge in [-0.1, -0.05) is 12.1 Å². The van der Waals surface area contributed by atoms with Crippen LogP contribution in [0.3, 0.4) is 0 Å². The standard InChI is InChI=1S/C14H18FNO4/c1-19-7-8-3-4-10(13(20-2)12(8)15)11-5-9(6-16-11)14(17)18/h3-4,9,11,16H,5-7H2,1-2H3,(H,17,18). The summed E-state index contributed by atoms with van der Waals surface area (Å²) in [6, 6.07) is 3.20. The summed E-state index contributed by atoms with van der Waals surface area (Å²) in [5.41, 5.74) is 1.06. The Morgan fingerprint density at radius 2 is 2.25 bits per heavy atom. The Kier molecular flexibility index (Phi) is 4.57. The third-order valence-electron chi connectivity index (χ3n) is 3.57. The first kappa shape index (κ1) is 14.7. The second-order valence-electron chi connectivity index (χ2n) is 4.83. The van der Waals surface area contributed by atoms with Crippen molar-refractivity contribution in [2.75, 3.05) is 20.8 Å². The molecule has 1 fully saturated rings. The Morgan fingerprint density at radius 1 is 1.50 bits per heavy atom. The van der Waals surface area contributed by atoms with Gasteiger partial charge in [-0.2, -0.15) is 0 Å². The van der Waals surface area contributed by atoms with E-state index in [9.17, 15) is 9.18 Å². The summed E-state index contributed by atoms with van der Waals surface area (Å²) in [6.07, 6.45) is 0.425. The lowest BCUT2D eigenvalue weighted by Crippen LogP contribution is -2.17. The van der Waals surface area contributed by atoms with Gasteiger partial charge in [-0.3, -0.25) is 4.79 Å². The molecule has 1 aromatic rings. The predicted octanol–water partition coefficient (Wildman–Crippen LogP) is 1.72. The Labute approximate surface area is 116 Å². The van der Waals surface area contributed by atoms with Gasteiger partial charge in [0.1, 0.15) is 0 Å². The average Bonchev–Trinajstić information content (AvgIpc) is 2.90. The van der Waals surface area contributed by atoms with Crippen LogP contribution >= 0.6 is 0 Å². The smallest absolute Gasteiger partial charge is 0.307 e. The van der Waals surface area contributed by atoms with E-state index in [4.69, 9.17) is 14.6 Å². The highest BCUT2D eigenvalue weighted by Gasteiger charge is 2.32. The van der Waals surface area contributed by atoms with Crippen molar-refractivity contribution in [3.05, 3.63) is 29.1 Å². The van der Waals surface area contributed by atoms with Gasteiger partial charge in [-0.25, -0.2) is 4.39 Å². The fourth-order valence-corrected chi connectivity index (χ4v) is 2.52. The first-order valence-corrected chi connectivity index (χ1v) is 6.38. The fraction of sp³-hybridized carbons (Fsp3) is 0.500.